The number of aliphatic hydroxyl groups is 2. The molecule has 5 heteroatoms. The number of hydrogen-bond acceptors (Lipinski definition) is 5. The summed E-state index contributed by atoms with van der Waals surface area (Å²) in [7, 11) is 1.62. The summed E-state index contributed by atoms with van der Waals surface area (Å²) in [5, 5.41) is 20.3. The third kappa shape index (κ3) is 3.05. The van der Waals surface area contributed by atoms with Gasteiger partial charge >= 0.3 is 0 Å². The molecule has 0 aliphatic carbocycles. The monoisotopic (exact) mass is 307 g/mol. The van der Waals surface area contributed by atoms with Crippen LogP contribution in [0.5, 0.6) is 0 Å². The van der Waals surface area contributed by atoms with E-state index in [2.05, 4.69) is 17.0 Å². The number of benzene rings is 1. The highest BCUT2D eigenvalue weighted by Crippen LogP contribution is 2.38. The van der Waals surface area contributed by atoms with E-state index < -0.39 is 24.1 Å². The van der Waals surface area contributed by atoms with Gasteiger partial charge in [-0.1, -0.05) is 30.3 Å². The quantitative estimate of drug-likeness (QED) is 0.861. The zero-order chi connectivity index (χ0) is 15.7. The van der Waals surface area contributed by atoms with E-state index in [1.807, 2.05) is 25.1 Å². The number of aliphatic hydroxyl groups excluding tert-OH is 2. The van der Waals surface area contributed by atoms with E-state index in [1.165, 1.54) is 5.56 Å². The van der Waals surface area contributed by atoms with Crippen LogP contribution in [0.15, 0.2) is 30.3 Å². The van der Waals surface area contributed by atoms with Gasteiger partial charge in [0.25, 0.3) is 0 Å². The minimum absolute atomic E-state index is 0.0760. The number of likely N-dealkylation sites (tertiary alicyclic amines) is 1. The number of hydrogen-bond donors (Lipinski definition) is 2. The van der Waals surface area contributed by atoms with Crippen molar-refractivity contribution in [1.29, 1.82) is 0 Å². The highest BCUT2D eigenvalue weighted by Gasteiger charge is 2.53. The zero-order valence-corrected chi connectivity index (χ0v) is 13.2. The van der Waals surface area contributed by atoms with Crippen molar-refractivity contribution in [2.45, 2.75) is 49.9 Å². The Morgan fingerprint density at radius 3 is 2.73 bits per heavy atom. The zero-order valence-electron chi connectivity index (χ0n) is 13.2. The van der Waals surface area contributed by atoms with Crippen LogP contribution in [0.2, 0.25) is 0 Å². The molecule has 0 bridgehead atoms. The van der Waals surface area contributed by atoms with Crippen LogP contribution in [0.4, 0.5) is 0 Å². The van der Waals surface area contributed by atoms with Crippen LogP contribution >= 0.6 is 0 Å². The fraction of sp³-hybridized carbons (Fsp3) is 0.647. The second kappa shape index (κ2) is 6.26. The molecule has 122 valence electrons. The van der Waals surface area contributed by atoms with Crippen molar-refractivity contribution in [3.05, 3.63) is 35.9 Å². The number of piperidine rings is 1. The first-order valence-electron chi connectivity index (χ1n) is 7.89. The Labute approximate surface area is 131 Å². The lowest BCUT2D eigenvalue weighted by Gasteiger charge is -2.41. The van der Waals surface area contributed by atoms with E-state index in [0.717, 1.165) is 13.0 Å². The molecule has 2 aliphatic heterocycles. The van der Waals surface area contributed by atoms with E-state index >= 15 is 0 Å². The second-order valence-electron chi connectivity index (χ2n) is 6.48. The van der Waals surface area contributed by atoms with Gasteiger partial charge in [0.15, 0.2) is 5.79 Å². The highest BCUT2D eigenvalue weighted by atomic mass is 16.7. The average Bonchev–Trinajstić information content (AvgIpc) is 2.90. The van der Waals surface area contributed by atoms with Crippen molar-refractivity contribution in [3.63, 3.8) is 0 Å². The largest absolute Gasteiger partial charge is 0.389 e. The molecule has 0 unspecified atom stereocenters. The highest BCUT2D eigenvalue weighted by molar-refractivity contribution is 5.15. The molecule has 2 fully saturated rings. The number of nitrogens with zero attached hydrogens (tertiary/aromatic N) is 1. The van der Waals surface area contributed by atoms with E-state index in [1.54, 1.807) is 7.11 Å². The van der Waals surface area contributed by atoms with E-state index in [9.17, 15) is 10.2 Å². The Morgan fingerprint density at radius 2 is 2.05 bits per heavy atom. The smallest absolute Gasteiger partial charge is 0.167 e. The summed E-state index contributed by atoms with van der Waals surface area (Å²) in [6, 6.07) is 10.4. The topological polar surface area (TPSA) is 62.2 Å². The molecular formula is C17H25NO4. The van der Waals surface area contributed by atoms with Gasteiger partial charge in [-0.2, -0.15) is 0 Å². The van der Waals surface area contributed by atoms with Crippen LogP contribution in [-0.4, -0.2) is 65.5 Å². The summed E-state index contributed by atoms with van der Waals surface area (Å²) in [4.78, 5) is 2.22. The molecule has 0 spiro atoms. The Balaban J connectivity index is 1.70. The number of rotatable bonds is 4. The normalized spacial score (nSPS) is 38.9. The van der Waals surface area contributed by atoms with Gasteiger partial charge < -0.3 is 19.7 Å². The van der Waals surface area contributed by atoms with Gasteiger partial charge in [0.2, 0.25) is 0 Å². The lowest BCUT2D eigenvalue weighted by atomic mass is 9.92. The fourth-order valence-corrected chi connectivity index (χ4v) is 3.55. The molecule has 0 radical (unpaired) electrons. The molecule has 1 aromatic rings. The van der Waals surface area contributed by atoms with Crippen LogP contribution in [0, 0.1) is 0 Å². The Kier molecular flexibility index (Phi) is 4.52. The Bertz CT molecular complexity index is 497. The molecule has 0 aromatic heterocycles. The maximum Gasteiger partial charge on any atom is 0.167 e. The van der Waals surface area contributed by atoms with Gasteiger partial charge in [-0.25, -0.2) is 0 Å². The Morgan fingerprint density at radius 1 is 1.32 bits per heavy atom. The lowest BCUT2D eigenvalue weighted by molar-refractivity contribution is -0.226. The number of ether oxygens (including phenoxy) is 2. The summed E-state index contributed by atoms with van der Waals surface area (Å²) in [5.41, 5.74) is 1.27. The summed E-state index contributed by atoms with van der Waals surface area (Å²) in [6.07, 6.45) is -0.417. The predicted molar refractivity (Wildman–Crippen MR) is 82.4 cm³/mol. The third-order valence-corrected chi connectivity index (χ3v) is 4.93. The summed E-state index contributed by atoms with van der Waals surface area (Å²) in [5.74, 6) is -0.689. The molecule has 0 saturated carbocycles. The van der Waals surface area contributed by atoms with Gasteiger partial charge in [0, 0.05) is 32.7 Å². The Hall–Kier alpha value is -0.980. The first-order valence-corrected chi connectivity index (χ1v) is 7.89. The molecule has 0 amide bonds. The summed E-state index contributed by atoms with van der Waals surface area (Å²) >= 11 is 0. The van der Waals surface area contributed by atoms with Gasteiger partial charge in [-0.05, 0) is 18.9 Å². The minimum Gasteiger partial charge on any atom is -0.389 e. The molecule has 22 heavy (non-hydrogen) atoms. The molecular weight excluding hydrogens is 282 g/mol. The molecule has 5 atom stereocenters. The van der Waals surface area contributed by atoms with Crippen molar-refractivity contribution in [3.8, 4) is 0 Å². The first-order chi connectivity index (χ1) is 10.5. The standard InChI is InChI=1S/C17H25NO4/c1-17(21-2)10-13-16(22-17)15(20)14(19)11-18(13)9-8-12-6-4-3-5-7-12/h3-7,13-16,19-20H,8-11H2,1-2H3/t13-,14-,15-,16+,17-/m1/s1. The number of fused-ring (bicyclic) bond motifs is 1. The van der Waals surface area contributed by atoms with Crippen LogP contribution in [0.25, 0.3) is 0 Å². The maximum absolute atomic E-state index is 10.2. The number of methoxy groups -OCH3 is 1. The molecule has 5 nitrogen and oxygen atoms in total. The second-order valence-corrected chi connectivity index (χ2v) is 6.48. The first kappa shape index (κ1) is 15.9. The average molecular weight is 307 g/mol. The van der Waals surface area contributed by atoms with Crippen molar-refractivity contribution >= 4 is 0 Å². The maximum atomic E-state index is 10.2. The van der Waals surface area contributed by atoms with E-state index in [-0.39, 0.29) is 6.04 Å². The van der Waals surface area contributed by atoms with Crippen LogP contribution < -0.4 is 0 Å². The predicted octanol–water partition coefficient (Wildman–Crippen LogP) is 0.787. The third-order valence-electron chi connectivity index (χ3n) is 4.93. The van der Waals surface area contributed by atoms with Gasteiger partial charge in [-0.15, -0.1) is 0 Å². The van der Waals surface area contributed by atoms with Crippen molar-refractivity contribution in [2.24, 2.45) is 0 Å². The van der Waals surface area contributed by atoms with E-state index in [0.29, 0.717) is 13.0 Å². The summed E-state index contributed by atoms with van der Waals surface area (Å²) in [6.45, 7) is 3.19. The van der Waals surface area contributed by atoms with Crippen LogP contribution in [0.1, 0.15) is 18.9 Å². The van der Waals surface area contributed by atoms with Crippen LogP contribution in [0.3, 0.4) is 0 Å². The summed E-state index contributed by atoms with van der Waals surface area (Å²) < 4.78 is 11.3. The van der Waals surface area contributed by atoms with Crippen molar-refractivity contribution in [2.75, 3.05) is 20.2 Å². The fourth-order valence-electron chi connectivity index (χ4n) is 3.55. The minimum atomic E-state index is -0.852. The number of β-amino-alcohol motifs (C(OH)–C–C–N with tert-alkyl or cyclic N) is 1. The van der Waals surface area contributed by atoms with Crippen LogP contribution in [-0.2, 0) is 15.9 Å². The molecule has 2 aliphatic rings. The van der Waals surface area contributed by atoms with E-state index in [4.69, 9.17) is 9.47 Å². The van der Waals surface area contributed by atoms with Crippen molar-refractivity contribution < 1.29 is 19.7 Å². The van der Waals surface area contributed by atoms with Gasteiger partial charge in [-0.3, -0.25) is 4.90 Å². The molecule has 2 saturated heterocycles. The molecule has 1 aromatic carbocycles. The lowest BCUT2D eigenvalue weighted by Crippen LogP contribution is -2.59. The molecule has 3 rings (SSSR count). The SMILES string of the molecule is CO[C@@]1(C)C[C@@H]2[C@H](O1)[C@H](O)[C@H](O)CN2CCc1ccccc1. The van der Waals surface area contributed by atoms with Gasteiger partial charge in [0.1, 0.15) is 12.2 Å². The van der Waals surface area contributed by atoms with Crippen molar-refractivity contribution in [1.82, 2.24) is 4.90 Å². The molecule has 2 N–H and O–H groups in total. The van der Waals surface area contributed by atoms with Gasteiger partial charge in [0.05, 0.1) is 6.10 Å². The molecule has 2 heterocycles.